The molecule has 0 fully saturated rings. The van der Waals surface area contributed by atoms with E-state index in [1.54, 1.807) is 12.1 Å². The third kappa shape index (κ3) is 3.64. The predicted octanol–water partition coefficient (Wildman–Crippen LogP) is 4.98. The maximum Gasteiger partial charge on any atom is 0.222 e. The Morgan fingerprint density at radius 3 is 2.66 bits per heavy atom. The molecular formula is C29H28N4O2. The molecule has 3 aromatic carbocycles. The highest BCUT2D eigenvalue weighted by Crippen LogP contribution is 2.52. The summed E-state index contributed by atoms with van der Waals surface area (Å²) in [6.07, 6.45) is 4.37. The highest BCUT2D eigenvalue weighted by molar-refractivity contribution is 5.79. The van der Waals surface area contributed by atoms with Crippen molar-refractivity contribution < 1.29 is 9.57 Å². The lowest BCUT2D eigenvalue weighted by Crippen LogP contribution is -2.49. The van der Waals surface area contributed by atoms with Crippen molar-refractivity contribution in [3.63, 3.8) is 0 Å². The van der Waals surface area contributed by atoms with Gasteiger partial charge in [-0.2, -0.15) is 5.26 Å². The molecule has 1 aliphatic carbocycles. The second-order valence-corrected chi connectivity index (χ2v) is 10.0. The minimum absolute atomic E-state index is 0.356. The molecule has 35 heavy (non-hydrogen) atoms. The maximum atomic E-state index is 9.46. The number of rotatable bonds is 1. The first-order valence-electron chi connectivity index (χ1n) is 12.1. The molecule has 0 amide bonds. The topological polar surface area (TPSA) is 83.9 Å². The lowest BCUT2D eigenvalue weighted by atomic mass is 9.78. The third-order valence-electron chi connectivity index (χ3n) is 7.44. The first kappa shape index (κ1) is 21.7. The molecule has 6 heteroatoms. The van der Waals surface area contributed by atoms with Crippen LogP contribution in [0.25, 0.3) is 11.1 Å². The number of hydrogen-bond acceptors (Lipinski definition) is 6. The van der Waals surface area contributed by atoms with E-state index in [-0.39, 0.29) is 0 Å². The van der Waals surface area contributed by atoms with Crippen LogP contribution in [0.5, 0.6) is 5.75 Å². The van der Waals surface area contributed by atoms with E-state index in [0.717, 1.165) is 53.7 Å². The van der Waals surface area contributed by atoms with Gasteiger partial charge in [0, 0.05) is 19.9 Å². The summed E-state index contributed by atoms with van der Waals surface area (Å²) < 4.78 is 6.85. The number of aryl methyl sites for hydroxylation is 2. The number of aliphatic imine (C=N–C) groups is 1. The second kappa shape index (κ2) is 7.86. The molecule has 0 radical (unpaired) electrons. The number of guanidine groups is 1. The van der Waals surface area contributed by atoms with Crippen molar-refractivity contribution in [2.75, 3.05) is 7.05 Å². The first-order valence-corrected chi connectivity index (χ1v) is 12.1. The molecule has 2 atom stereocenters. The van der Waals surface area contributed by atoms with Crippen molar-refractivity contribution in [3.05, 3.63) is 88.5 Å². The van der Waals surface area contributed by atoms with Crippen LogP contribution in [0.3, 0.4) is 0 Å². The molecular weight excluding hydrogens is 436 g/mol. The molecule has 3 aliphatic rings. The number of fused-ring (bicyclic) bond motifs is 3. The molecule has 2 heterocycles. The highest BCUT2D eigenvalue weighted by Gasteiger charge is 2.54. The van der Waals surface area contributed by atoms with E-state index in [1.165, 1.54) is 11.1 Å². The van der Waals surface area contributed by atoms with E-state index < -0.39 is 11.3 Å². The average Bonchev–Trinajstić information content (AvgIpc) is 3.01. The summed E-state index contributed by atoms with van der Waals surface area (Å²) in [7, 11) is 1.79. The Labute approximate surface area is 205 Å². The number of ether oxygens (including phenoxy) is 1. The van der Waals surface area contributed by atoms with Gasteiger partial charge in [0.15, 0.2) is 0 Å². The second-order valence-electron chi connectivity index (χ2n) is 10.0. The summed E-state index contributed by atoms with van der Waals surface area (Å²) in [6.45, 7) is 2.00. The van der Waals surface area contributed by atoms with Gasteiger partial charge in [-0.15, -0.1) is 0 Å². The van der Waals surface area contributed by atoms with Gasteiger partial charge in [0.2, 0.25) is 11.7 Å². The van der Waals surface area contributed by atoms with Crippen LogP contribution in [0.2, 0.25) is 0 Å². The molecule has 2 N–H and O–H groups in total. The predicted molar refractivity (Wildman–Crippen MR) is 135 cm³/mol. The fourth-order valence-electron chi connectivity index (χ4n) is 5.90. The zero-order valence-corrected chi connectivity index (χ0v) is 20.0. The van der Waals surface area contributed by atoms with Crippen LogP contribution in [-0.4, -0.2) is 23.7 Å². The van der Waals surface area contributed by atoms with Crippen molar-refractivity contribution in [3.8, 4) is 22.9 Å². The zero-order valence-electron chi connectivity index (χ0n) is 20.0. The van der Waals surface area contributed by atoms with Crippen molar-refractivity contribution in [1.82, 2.24) is 5.06 Å². The molecule has 0 bridgehead atoms. The summed E-state index contributed by atoms with van der Waals surface area (Å²) in [5.74, 6) is 1.13. The Balaban J connectivity index is 1.48. The van der Waals surface area contributed by atoms with Gasteiger partial charge in [0.25, 0.3) is 0 Å². The van der Waals surface area contributed by atoms with Gasteiger partial charge < -0.3 is 10.5 Å². The van der Waals surface area contributed by atoms with Crippen molar-refractivity contribution in [1.29, 1.82) is 5.26 Å². The van der Waals surface area contributed by atoms with E-state index >= 15 is 0 Å². The summed E-state index contributed by atoms with van der Waals surface area (Å²) >= 11 is 0. The summed E-state index contributed by atoms with van der Waals surface area (Å²) in [5, 5.41) is 11.0. The van der Waals surface area contributed by atoms with Gasteiger partial charge in [0.1, 0.15) is 11.4 Å². The van der Waals surface area contributed by atoms with E-state index in [4.69, 9.17) is 20.3 Å². The molecule has 6 rings (SSSR count). The fourth-order valence-corrected chi connectivity index (χ4v) is 5.90. The van der Waals surface area contributed by atoms with Gasteiger partial charge in [0.05, 0.1) is 17.2 Å². The van der Waals surface area contributed by atoms with E-state index in [2.05, 4.69) is 48.5 Å². The van der Waals surface area contributed by atoms with Crippen LogP contribution in [-0.2, 0) is 23.4 Å². The van der Waals surface area contributed by atoms with Crippen molar-refractivity contribution in [2.24, 2.45) is 10.7 Å². The standard InChI is InChI=1S/C29H28N4O2/c1-19-12-20(17-30)14-24(13-19)22-9-10-26-25(15-22)29(32-27(31)33(2)35-29)18-28(34-26)11-5-8-21-6-3-4-7-23(21)16-28/h3-4,6-7,9-10,12-15H,5,8,11,16,18H2,1-2H3,(H2,31,32). The van der Waals surface area contributed by atoms with Gasteiger partial charge >= 0.3 is 0 Å². The molecule has 0 saturated carbocycles. The van der Waals surface area contributed by atoms with E-state index in [0.29, 0.717) is 17.9 Å². The fraction of sp³-hybridized carbons (Fsp3) is 0.310. The Hall–Kier alpha value is -3.82. The number of hydrogen-bond donors (Lipinski definition) is 1. The van der Waals surface area contributed by atoms with Crippen LogP contribution in [0.4, 0.5) is 0 Å². The summed E-state index contributed by atoms with van der Waals surface area (Å²) in [4.78, 5) is 11.3. The van der Waals surface area contributed by atoms with E-state index in [1.807, 2.05) is 25.1 Å². The number of hydroxylamine groups is 2. The SMILES string of the molecule is Cc1cc(C#N)cc(-c2ccc3c(c2)C2(CC4(CCCc5ccccc5C4)O3)N=C(N)N(C)O2)c1. The molecule has 0 aromatic heterocycles. The maximum absolute atomic E-state index is 9.46. The molecule has 2 aliphatic heterocycles. The lowest BCUT2D eigenvalue weighted by molar-refractivity contribution is -0.204. The largest absolute Gasteiger partial charge is 0.486 e. The monoisotopic (exact) mass is 464 g/mol. The van der Waals surface area contributed by atoms with Crippen LogP contribution < -0.4 is 10.5 Å². The Morgan fingerprint density at radius 2 is 1.89 bits per heavy atom. The normalized spacial score (nSPS) is 24.8. The smallest absolute Gasteiger partial charge is 0.222 e. The summed E-state index contributed by atoms with van der Waals surface area (Å²) in [5.41, 5.74) is 12.1. The minimum atomic E-state index is -0.955. The number of nitriles is 1. The van der Waals surface area contributed by atoms with Crippen LogP contribution >= 0.6 is 0 Å². The number of nitrogens with zero attached hydrogens (tertiary/aromatic N) is 3. The quantitative estimate of drug-likeness (QED) is 0.549. The van der Waals surface area contributed by atoms with Crippen LogP contribution in [0, 0.1) is 18.3 Å². The zero-order chi connectivity index (χ0) is 24.2. The van der Waals surface area contributed by atoms with Gasteiger partial charge in [-0.1, -0.05) is 36.4 Å². The molecule has 6 nitrogen and oxygen atoms in total. The number of benzene rings is 3. The van der Waals surface area contributed by atoms with Crippen molar-refractivity contribution >= 4 is 5.96 Å². The molecule has 2 unspecified atom stereocenters. The van der Waals surface area contributed by atoms with E-state index in [9.17, 15) is 5.26 Å². The number of nitrogens with two attached hydrogens (primary N) is 1. The van der Waals surface area contributed by atoms with Crippen molar-refractivity contribution in [2.45, 2.75) is 50.4 Å². The minimum Gasteiger partial charge on any atom is -0.486 e. The first-order chi connectivity index (χ1) is 16.9. The lowest BCUT2D eigenvalue weighted by Gasteiger charge is -2.45. The Kier molecular flexibility index (Phi) is 4.87. The molecule has 0 saturated heterocycles. The highest BCUT2D eigenvalue weighted by atomic mass is 16.7. The molecule has 2 spiro atoms. The van der Waals surface area contributed by atoms with Gasteiger partial charge in [-0.05, 0) is 78.3 Å². The van der Waals surface area contributed by atoms with Gasteiger partial charge in [-0.25, -0.2) is 14.9 Å². The van der Waals surface area contributed by atoms with Gasteiger partial charge in [-0.3, -0.25) is 0 Å². The average molecular weight is 465 g/mol. The Bertz CT molecular complexity index is 1410. The summed E-state index contributed by atoms with van der Waals surface area (Å²) in [6, 6.07) is 22.9. The van der Waals surface area contributed by atoms with Crippen LogP contribution in [0.1, 0.15) is 47.1 Å². The third-order valence-corrected chi connectivity index (χ3v) is 7.44. The molecule has 3 aromatic rings. The molecule has 176 valence electrons. The van der Waals surface area contributed by atoms with Crippen LogP contribution in [0.15, 0.2) is 65.7 Å². The Morgan fingerprint density at radius 1 is 1.06 bits per heavy atom.